The maximum absolute atomic E-state index is 13.8. The molecule has 0 aliphatic carbocycles. The Hall–Kier alpha value is -2.72. The Balaban J connectivity index is 1.72. The fourth-order valence-electron chi connectivity index (χ4n) is 2.31. The van der Waals surface area contributed by atoms with Crippen LogP contribution >= 0.6 is 23.8 Å². The Bertz CT molecular complexity index is 1030. The van der Waals surface area contributed by atoms with E-state index in [0.29, 0.717) is 10.7 Å². The van der Waals surface area contributed by atoms with Crippen LogP contribution in [0.25, 0.3) is 0 Å². The second-order valence-electron chi connectivity index (χ2n) is 5.54. The summed E-state index contributed by atoms with van der Waals surface area (Å²) in [6.07, 6.45) is 1.29. The van der Waals surface area contributed by atoms with Crippen molar-refractivity contribution in [1.82, 2.24) is 9.78 Å². The van der Waals surface area contributed by atoms with Crippen LogP contribution < -0.4 is 10.6 Å². The predicted molar refractivity (Wildman–Crippen MR) is 98.9 cm³/mol. The van der Waals surface area contributed by atoms with Crippen LogP contribution in [0, 0.1) is 29.1 Å². The van der Waals surface area contributed by atoms with Gasteiger partial charge in [0.1, 0.15) is 0 Å². The lowest BCUT2D eigenvalue weighted by molar-refractivity contribution is 0.367. The molecule has 3 aromatic rings. The third kappa shape index (κ3) is 4.23. The quantitative estimate of drug-likeness (QED) is 0.261. The van der Waals surface area contributed by atoms with Crippen molar-refractivity contribution in [2.75, 3.05) is 10.6 Å². The zero-order valence-corrected chi connectivity index (χ0v) is 15.3. The van der Waals surface area contributed by atoms with E-state index >= 15 is 0 Å². The molecule has 0 unspecified atom stereocenters. The summed E-state index contributed by atoms with van der Waals surface area (Å²) in [4.78, 5) is 0. The normalized spacial score (nSPS) is 10.8. The number of rotatable bonds is 4. The Morgan fingerprint density at radius 3 is 2.25 bits per heavy atom. The molecule has 2 aromatic carbocycles. The van der Waals surface area contributed by atoms with Gasteiger partial charge in [0.15, 0.2) is 34.2 Å². The average molecular weight is 433 g/mol. The average Bonchev–Trinajstić information content (AvgIpc) is 3.09. The third-order valence-corrected chi connectivity index (χ3v) is 4.02. The molecule has 146 valence electrons. The second-order valence-corrected chi connectivity index (χ2v) is 6.38. The van der Waals surface area contributed by atoms with E-state index in [1.54, 1.807) is 24.3 Å². The molecule has 0 aliphatic heterocycles. The highest BCUT2D eigenvalue weighted by atomic mass is 35.5. The Kier molecular flexibility index (Phi) is 5.80. The standard InChI is InChI=1S/C17H10ClF5N4S/c18-8-2-1-3-9(6-8)24-17(28)25-11-4-5-27(26-11)7-10-12(19)14(21)16(23)15(22)13(10)20/h1-6H,7H2,(H2,24,25,26,28). The molecule has 0 saturated heterocycles. The molecule has 3 rings (SSSR count). The van der Waals surface area contributed by atoms with Crippen LogP contribution in [0.5, 0.6) is 0 Å². The van der Waals surface area contributed by atoms with Crippen LogP contribution in [0.2, 0.25) is 5.02 Å². The van der Waals surface area contributed by atoms with Gasteiger partial charge in [0.25, 0.3) is 0 Å². The lowest BCUT2D eigenvalue weighted by Gasteiger charge is -2.09. The van der Waals surface area contributed by atoms with Crippen LogP contribution in [-0.4, -0.2) is 14.9 Å². The first-order chi connectivity index (χ1) is 13.3. The maximum Gasteiger partial charge on any atom is 0.200 e. The number of hydrogen-bond donors (Lipinski definition) is 2. The summed E-state index contributed by atoms with van der Waals surface area (Å²) in [5.41, 5.74) is -0.378. The number of halogens is 6. The van der Waals surface area contributed by atoms with Crippen molar-refractivity contribution in [2.45, 2.75) is 6.54 Å². The lowest BCUT2D eigenvalue weighted by Crippen LogP contribution is -2.19. The minimum absolute atomic E-state index is 0.156. The molecule has 28 heavy (non-hydrogen) atoms. The van der Waals surface area contributed by atoms with Gasteiger partial charge >= 0.3 is 0 Å². The van der Waals surface area contributed by atoms with Crippen LogP contribution in [0.4, 0.5) is 33.5 Å². The summed E-state index contributed by atoms with van der Waals surface area (Å²) in [5, 5.41) is 10.2. The van der Waals surface area contributed by atoms with E-state index in [-0.39, 0.29) is 10.9 Å². The Labute approximate surface area is 165 Å². The molecule has 1 aromatic heterocycles. The molecule has 0 radical (unpaired) electrons. The van der Waals surface area contributed by atoms with Gasteiger partial charge in [-0.25, -0.2) is 22.0 Å². The van der Waals surface area contributed by atoms with Gasteiger partial charge in [-0.15, -0.1) is 0 Å². The molecule has 0 saturated carbocycles. The molecule has 4 nitrogen and oxygen atoms in total. The van der Waals surface area contributed by atoms with E-state index in [1.807, 2.05) is 0 Å². The number of thiocarbonyl (C=S) groups is 1. The second kappa shape index (κ2) is 8.11. The number of aromatic nitrogens is 2. The highest BCUT2D eigenvalue weighted by Gasteiger charge is 2.25. The first-order valence-electron chi connectivity index (χ1n) is 7.63. The van der Waals surface area contributed by atoms with Gasteiger partial charge < -0.3 is 10.6 Å². The van der Waals surface area contributed by atoms with E-state index < -0.39 is 41.2 Å². The van der Waals surface area contributed by atoms with Gasteiger partial charge in [-0.05, 0) is 30.4 Å². The summed E-state index contributed by atoms with van der Waals surface area (Å²) in [5.74, 6) is -9.83. The van der Waals surface area contributed by atoms with Crippen molar-refractivity contribution in [3.8, 4) is 0 Å². The van der Waals surface area contributed by atoms with Crippen molar-refractivity contribution < 1.29 is 22.0 Å². The molecule has 0 atom stereocenters. The number of nitrogens with zero attached hydrogens (tertiary/aromatic N) is 2. The molecular formula is C17H10ClF5N4S. The lowest BCUT2D eigenvalue weighted by atomic mass is 10.1. The summed E-state index contributed by atoms with van der Waals surface area (Å²) in [7, 11) is 0. The third-order valence-electron chi connectivity index (χ3n) is 3.59. The van der Waals surface area contributed by atoms with Gasteiger partial charge in [-0.2, -0.15) is 5.10 Å². The van der Waals surface area contributed by atoms with Gasteiger partial charge in [0.2, 0.25) is 5.82 Å². The summed E-state index contributed by atoms with van der Waals surface area (Å²) in [6, 6.07) is 8.17. The Morgan fingerprint density at radius 1 is 0.964 bits per heavy atom. The van der Waals surface area contributed by atoms with Crippen LogP contribution in [0.3, 0.4) is 0 Å². The fraction of sp³-hybridized carbons (Fsp3) is 0.0588. The molecule has 0 aliphatic rings. The zero-order valence-electron chi connectivity index (χ0n) is 13.7. The highest BCUT2D eigenvalue weighted by Crippen LogP contribution is 2.24. The van der Waals surface area contributed by atoms with Crippen molar-refractivity contribution in [3.05, 3.63) is 76.2 Å². The predicted octanol–water partition coefficient (Wildman–Crippen LogP) is 5.09. The van der Waals surface area contributed by atoms with Gasteiger partial charge in [-0.1, -0.05) is 17.7 Å². The zero-order chi connectivity index (χ0) is 20.4. The van der Waals surface area contributed by atoms with Crippen molar-refractivity contribution in [2.24, 2.45) is 0 Å². The highest BCUT2D eigenvalue weighted by molar-refractivity contribution is 7.80. The SMILES string of the molecule is Fc1c(F)c(F)c(Cn2ccc(NC(=S)Nc3cccc(Cl)c3)n2)c(F)c1F. The monoisotopic (exact) mass is 432 g/mol. The van der Waals surface area contributed by atoms with E-state index in [0.717, 1.165) is 4.68 Å². The molecule has 0 spiro atoms. The molecule has 2 N–H and O–H groups in total. The molecule has 0 amide bonds. The summed E-state index contributed by atoms with van der Waals surface area (Å²) >= 11 is 11.0. The Morgan fingerprint density at radius 2 is 1.61 bits per heavy atom. The molecule has 0 bridgehead atoms. The van der Waals surface area contributed by atoms with Crippen LogP contribution in [-0.2, 0) is 6.54 Å². The number of benzene rings is 2. The summed E-state index contributed by atoms with van der Waals surface area (Å²) in [6.45, 7) is -0.665. The topological polar surface area (TPSA) is 41.9 Å². The summed E-state index contributed by atoms with van der Waals surface area (Å²) < 4.78 is 68.2. The van der Waals surface area contributed by atoms with Crippen LogP contribution in [0.15, 0.2) is 36.5 Å². The minimum Gasteiger partial charge on any atom is -0.332 e. The van der Waals surface area contributed by atoms with E-state index in [9.17, 15) is 22.0 Å². The van der Waals surface area contributed by atoms with Crippen molar-refractivity contribution in [3.63, 3.8) is 0 Å². The van der Waals surface area contributed by atoms with Crippen LogP contribution in [0.1, 0.15) is 5.56 Å². The van der Waals surface area contributed by atoms with Gasteiger partial charge in [-0.3, -0.25) is 4.68 Å². The number of anilines is 2. The van der Waals surface area contributed by atoms with Crippen molar-refractivity contribution >= 4 is 40.4 Å². The van der Waals surface area contributed by atoms with Gasteiger partial charge in [0, 0.05) is 23.0 Å². The van der Waals surface area contributed by atoms with E-state index in [4.69, 9.17) is 23.8 Å². The smallest absolute Gasteiger partial charge is 0.200 e. The fourth-order valence-corrected chi connectivity index (χ4v) is 2.73. The molecule has 0 fully saturated rings. The van der Waals surface area contributed by atoms with E-state index in [1.165, 1.54) is 12.3 Å². The van der Waals surface area contributed by atoms with Crippen molar-refractivity contribution in [1.29, 1.82) is 0 Å². The number of nitrogens with one attached hydrogen (secondary N) is 2. The molecule has 1 heterocycles. The van der Waals surface area contributed by atoms with Gasteiger partial charge in [0.05, 0.1) is 12.1 Å². The maximum atomic E-state index is 13.8. The molecule has 11 heteroatoms. The van der Waals surface area contributed by atoms with E-state index in [2.05, 4.69) is 15.7 Å². The first-order valence-corrected chi connectivity index (χ1v) is 8.42. The minimum atomic E-state index is -2.21. The largest absolute Gasteiger partial charge is 0.332 e. The first kappa shape index (κ1) is 20.0. The number of hydrogen-bond acceptors (Lipinski definition) is 2. The molecular weight excluding hydrogens is 423 g/mol.